The van der Waals surface area contributed by atoms with Crippen LogP contribution in [0.5, 0.6) is 0 Å². The lowest BCUT2D eigenvalue weighted by atomic mass is 10.2. The van der Waals surface area contributed by atoms with Gasteiger partial charge in [-0.1, -0.05) is 18.9 Å². The van der Waals surface area contributed by atoms with Crippen molar-refractivity contribution in [2.24, 2.45) is 5.92 Å². The highest BCUT2D eigenvalue weighted by atomic mass is 16.4. The fourth-order valence-electron chi connectivity index (χ4n) is 1.27. The Morgan fingerprint density at radius 3 is 2.83 bits per heavy atom. The van der Waals surface area contributed by atoms with Crippen molar-refractivity contribution in [3.63, 3.8) is 0 Å². The van der Waals surface area contributed by atoms with Gasteiger partial charge in [0.15, 0.2) is 0 Å². The van der Waals surface area contributed by atoms with E-state index in [1.807, 2.05) is 0 Å². The molecule has 18 heavy (non-hydrogen) atoms. The zero-order valence-corrected chi connectivity index (χ0v) is 11.1. The Morgan fingerprint density at radius 2 is 2.17 bits per heavy atom. The summed E-state index contributed by atoms with van der Waals surface area (Å²) in [4.78, 5) is 11.0. The Labute approximate surface area is 107 Å². The minimum absolute atomic E-state index is 0.0270. The van der Waals surface area contributed by atoms with Gasteiger partial charge in [0.25, 0.3) is 0 Å². The molecule has 1 aromatic heterocycles. The number of carbonyl (C=O) groups excluding carboxylic acids is 1. The van der Waals surface area contributed by atoms with Gasteiger partial charge >= 0.3 is 6.01 Å². The molecular formula is C11H21N5O2. The number of hydrogen-bond donors (Lipinski definition) is 3. The largest absolute Gasteiger partial charge is 0.407 e. The van der Waals surface area contributed by atoms with Crippen molar-refractivity contribution in [2.45, 2.75) is 26.8 Å². The Morgan fingerprint density at radius 1 is 1.39 bits per heavy atom. The van der Waals surface area contributed by atoms with E-state index < -0.39 is 0 Å². The summed E-state index contributed by atoms with van der Waals surface area (Å²) in [5.74, 6) is 1.09. The average molecular weight is 255 g/mol. The summed E-state index contributed by atoms with van der Waals surface area (Å²) in [5, 5.41) is 16.4. The third kappa shape index (κ3) is 5.62. The lowest BCUT2D eigenvalue weighted by Crippen LogP contribution is -2.20. The maximum Gasteiger partial charge on any atom is 0.315 e. The standard InChI is InChI=1S/C11H21N5O2/c1-8(2)6-13-7-10-15-16-11(18-10)14-5-4-9(17)12-3/h8,13H,4-7H2,1-3H3,(H,12,17)(H,14,16). The van der Waals surface area contributed by atoms with Crippen LogP contribution in [0, 0.1) is 5.92 Å². The van der Waals surface area contributed by atoms with Crippen molar-refractivity contribution < 1.29 is 9.21 Å². The number of aromatic nitrogens is 2. The van der Waals surface area contributed by atoms with Crippen LogP contribution < -0.4 is 16.0 Å². The number of nitrogens with one attached hydrogen (secondary N) is 3. The highest BCUT2D eigenvalue weighted by Crippen LogP contribution is 2.05. The Balaban J connectivity index is 2.23. The van der Waals surface area contributed by atoms with Crippen LogP contribution >= 0.6 is 0 Å². The lowest BCUT2D eigenvalue weighted by molar-refractivity contribution is -0.120. The molecule has 0 aliphatic rings. The number of nitrogens with zero attached hydrogens (tertiary/aromatic N) is 2. The number of amides is 1. The molecule has 0 spiro atoms. The van der Waals surface area contributed by atoms with Gasteiger partial charge in [-0.2, -0.15) is 0 Å². The number of hydrogen-bond acceptors (Lipinski definition) is 6. The zero-order chi connectivity index (χ0) is 13.4. The van der Waals surface area contributed by atoms with Gasteiger partial charge in [0.2, 0.25) is 11.8 Å². The van der Waals surface area contributed by atoms with Gasteiger partial charge in [-0.05, 0) is 12.5 Å². The van der Waals surface area contributed by atoms with Crippen LogP contribution in [0.3, 0.4) is 0 Å². The van der Waals surface area contributed by atoms with Crippen molar-refractivity contribution in [2.75, 3.05) is 25.5 Å². The molecule has 7 heteroatoms. The van der Waals surface area contributed by atoms with E-state index in [0.717, 1.165) is 6.54 Å². The summed E-state index contributed by atoms with van der Waals surface area (Å²) in [5.41, 5.74) is 0. The van der Waals surface area contributed by atoms with E-state index in [-0.39, 0.29) is 5.91 Å². The van der Waals surface area contributed by atoms with Gasteiger partial charge in [-0.15, -0.1) is 5.10 Å². The molecule has 0 unspecified atom stereocenters. The number of carbonyl (C=O) groups is 1. The molecule has 1 rings (SSSR count). The quantitative estimate of drug-likeness (QED) is 0.621. The zero-order valence-electron chi connectivity index (χ0n) is 11.1. The molecule has 102 valence electrons. The second-order valence-electron chi connectivity index (χ2n) is 4.38. The van der Waals surface area contributed by atoms with Crippen molar-refractivity contribution >= 4 is 11.9 Å². The van der Waals surface area contributed by atoms with Crippen LogP contribution in [0.2, 0.25) is 0 Å². The second-order valence-corrected chi connectivity index (χ2v) is 4.38. The van der Waals surface area contributed by atoms with E-state index in [1.54, 1.807) is 7.05 Å². The summed E-state index contributed by atoms with van der Waals surface area (Å²) in [6.07, 6.45) is 0.375. The van der Waals surface area contributed by atoms with E-state index in [0.29, 0.717) is 37.3 Å². The summed E-state index contributed by atoms with van der Waals surface area (Å²) in [6, 6.07) is 0.347. The monoisotopic (exact) mass is 255 g/mol. The van der Waals surface area contributed by atoms with Crippen LogP contribution in [0.25, 0.3) is 0 Å². The molecular weight excluding hydrogens is 234 g/mol. The van der Waals surface area contributed by atoms with E-state index in [2.05, 4.69) is 40.0 Å². The Hall–Kier alpha value is -1.63. The van der Waals surface area contributed by atoms with Crippen LogP contribution in [0.4, 0.5) is 6.01 Å². The normalized spacial score (nSPS) is 10.7. The molecule has 0 aliphatic carbocycles. The average Bonchev–Trinajstić information content (AvgIpc) is 2.76. The van der Waals surface area contributed by atoms with Crippen molar-refractivity contribution in [1.82, 2.24) is 20.8 Å². The van der Waals surface area contributed by atoms with E-state index in [9.17, 15) is 4.79 Å². The first kappa shape index (κ1) is 14.4. The first-order valence-electron chi connectivity index (χ1n) is 6.09. The Kier molecular flexibility index (Phi) is 6.13. The van der Waals surface area contributed by atoms with Gasteiger partial charge < -0.3 is 20.4 Å². The Bertz CT molecular complexity index is 364. The van der Waals surface area contributed by atoms with E-state index in [4.69, 9.17) is 4.42 Å². The molecule has 3 N–H and O–H groups in total. The molecule has 0 fully saturated rings. The maximum absolute atomic E-state index is 11.0. The predicted octanol–water partition coefficient (Wildman–Crippen LogP) is 0.363. The van der Waals surface area contributed by atoms with Crippen LogP contribution in [0.15, 0.2) is 4.42 Å². The minimum atomic E-state index is -0.0270. The van der Waals surface area contributed by atoms with Crippen molar-refractivity contribution in [3.05, 3.63) is 5.89 Å². The van der Waals surface area contributed by atoms with Gasteiger partial charge in [0, 0.05) is 20.0 Å². The van der Waals surface area contributed by atoms with Gasteiger partial charge in [-0.3, -0.25) is 4.79 Å². The smallest absolute Gasteiger partial charge is 0.315 e. The van der Waals surface area contributed by atoms with Crippen molar-refractivity contribution in [3.8, 4) is 0 Å². The molecule has 0 saturated heterocycles. The molecule has 0 radical (unpaired) electrons. The van der Waals surface area contributed by atoms with Crippen LogP contribution in [-0.4, -0.2) is 36.2 Å². The summed E-state index contributed by atoms with van der Waals surface area (Å²) < 4.78 is 5.35. The molecule has 0 bridgehead atoms. The highest BCUT2D eigenvalue weighted by Gasteiger charge is 2.06. The van der Waals surface area contributed by atoms with Gasteiger partial charge in [0.1, 0.15) is 0 Å². The van der Waals surface area contributed by atoms with Crippen molar-refractivity contribution in [1.29, 1.82) is 0 Å². The summed E-state index contributed by atoms with van der Waals surface area (Å²) >= 11 is 0. The van der Waals surface area contributed by atoms with E-state index in [1.165, 1.54) is 0 Å². The highest BCUT2D eigenvalue weighted by molar-refractivity contribution is 5.75. The number of rotatable bonds is 8. The summed E-state index contributed by atoms with van der Waals surface area (Å²) in [6.45, 7) is 6.20. The molecule has 0 saturated carbocycles. The topological polar surface area (TPSA) is 92.1 Å². The first-order valence-corrected chi connectivity index (χ1v) is 6.09. The first-order chi connectivity index (χ1) is 8.61. The SMILES string of the molecule is CNC(=O)CCNc1nnc(CNCC(C)C)o1. The lowest BCUT2D eigenvalue weighted by Gasteiger charge is -2.03. The molecule has 7 nitrogen and oxygen atoms in total. The molecule has 0 atom stereocenters. The molecule has 1 amide bonds. The molecule has 1 aromatic rings. The third-order valence-corrected chi connectivity index (χ3v) is 2.20. The number of anilines is 1. The van der Waals surface area contributed by atoms with Gasteiger partial charge in [0.05, 0.1) is 6.54 Å². The minimum Gasteiger partial charge on any atom is -0.407 e. The molecule has 0 aliphatic heterocycles. The third-order valence-electron chi connectivity index (χ3n) is 2.20. The van der Waals surface area contributed by atoms with Crippen LogP contribution in [-0.2, 0) is 11.3 Å². The molecule has 0 aromatic carbocycles. The maximum atomic E-state index is 11.0. The summed E-state index contributed by atoms with van der Waals surface area (Å²) in [7, 11) is 1.60. The fraction of sp³-hybridized carbons (Fsp3) is 0.727. The fourth-order valence-corrected chi connectivity index (χ4v) is 1.27. The second kappa shape index (κ2) is 7.65. The van der Waals surface area contributed by atoms with Crippen LogP contribution in [0.1, 0.15) is 26.2 Å². The predicted molar refractivity (Wildman–Crippen MR) is 68.0 cm³/mol. The van der Waals surface area contributed by atoms with Gasteiger partial charge in [-0.25, -0.2) is 0 Å². The molecule has 1 heterocycles. The van der Waals surface area contributed by atoms with E-state index >= 15 is 0 Å².